The van der Waals surface area contributed by atoms with Crippen LogP contribution in [0.1, 0.15) is 32.3 Å². The second-order valence-corrected chi connectivity index (χ2v) is 6.53. The summed E-state index contributed by atoms with van der Waals surface area (Å²) >= 11 is 0. The van der Waals surface area contributed by atoms with E-state index in [4.69, 9.17) is 19.2 Å². The summed E-state index contributed by atoms with van der Waals surface area (Å²) in [4.78, 5) is 18.5. The lowest BCUT2D eigenvalue weighted by Gasteiger charge is -2.19. The number of rotatable bonds is 8. The smallest absolute Gasteiger partial charge is 0.222 e. The SMILES string of the molecule is CCNC(=NCc1c(OC)cc(OC)cc1OC)NC1CCN(C(=O)CC)C1. The standard InChI is InChI=1S/C20H32N4O4/c1-6-19(25)24-9-8-14(13-24)23-20(21-7-2)22-12-16-17(27-4)10-15(26-3)11-18(16)28-5/h10-11,14H,6-9,12-13H2,1-5H3,(H2,21,22,23). The maximum absolute atomic E-state index is 11.9. The van der Waals surface area contributed by atoms with E-state index in [1.165, 1.54) is 0 Å². The Balaban J connectivity index is 2.14. The Bertz CT molecular complexity index is 668. The zero-order valence-electron chi connectivity index (χ0n) is 17.5. The predicted octanol–water partition coefficient (Wildman–Crippen LogP) is 1.78. The van der Waals surface area contributed by atoms with E-state index in [2.05, 4.69) is 10.6 Å². The summed E-state index contributed by atoms with van der Waals surface area (Å²) in [5, 5.41) is 6.70. The molecule has 0 aromatic heterocycles. The molecular formula is C20H32N4O4. The molecule has 156 valence electrons. The van der Waals surface area contributed by atoms with Crippen molar-refractivity contribution in [3.8, 4) is 17.2 Å². The molecule has 1 unspecified atom stereocenters. The van der Waals surface area contributed by atoms with E-state index in [0.29, 0.717) is 42.7 Å². The van der Waals surface area contributed by atoms with Crippen molar-refractivity contribution in [3.63, 3.8) is 0 Å². The Morgan fingerprint density at radius 3 is 2.39 bits per heavy atom. The van der Waals surface area contributed by atoms with Crippen LogP contribution in [0.2, 0.25) is 0 Å². The van der Waals surface area contributed by atoms with E-state index in [1.54, 1.807) is 21.3 Å². The van der Waals surface area contributed by atoms with Crippen molar-refractivity contribution in [3.05, 3.63) is 17.7 Å². The molecule has 1 aromatic carbocycles. The fraction of sp³-hybridized carbons (Fsp3) is 0.600. The topological polar surface area (TPSA) is 84.4 Å². The molecule has 1 amide bonds. The molecule has 1 atom stereocenters. The highest BCUT2D eigenvalue weighted by atomic mass is 16.5. The molecule has 8 heteroatoms. The first kappa shape index (κ1) is 21.7. The Hall–Kier alpha value is -2.64. The van der Waals surface area contributed by atoms with E-state index < -0.39 is 0 Å². The molecule has 0 saturated carbocycles. The summed E-state index contributed by atoms with van der Waals surface area (Å²) in [6.45, 7) is 6.52. The highest BCUT2D eigenvalue weighted by Crippen LogP contribution is 2.34. The van der Waals surface area contributed by atoms with Crippen LogP contribution in [0.4, 0.5) is 0 Å². The molecule has 2 rings (SSSR count). The number of ether oxygens (including phenoxy) is 3. The first-order chi connectivity index (χ1) is 13.6. The summed E-state index contributed by atoms with van der Waals surface area (Å²) in [5.41, 5.74) is 0.845. The summed E-state index contributed by atoms with van der Waals surface area (Å²) in [6.07, 6.45) is 1.45. The Morgan fingerprint density at radius 1 is 1.18 bits per heavy atom. The van der Waals surface area contributed by atoms with Crippen LogP contribution in [0.15, 0.2) is 17.1 Å². The lowest BCUT2D eigenvalue weighted by atomic mass is 10.1. The van der Waals surface area contributed by atoms with Crippen molar-refractivity contribution < 1.29 is 19.0 Å². The van der Waals surface area contributed by atoms with Gasteiger partial charge in [0.15, 0.2) is 5.96 Å². The van der Waals surface area contributed by atoms with Crippen LogP contribution in [0, 0.1) is 0 Å². The van der Waals surface area contributed by atoms with Crippen molar-refractivity contribution >= 4 is 11.9 Å². The number of amides is 1. The highest BCUT2D eigenvalue weighted by Gasteiger charge is 2.25. The van der Waals surface area contributed by atoms with Crippen molar-refractivity contribution in [1.29, 1.82) is 0 Å². The molecule has 28 heavy (non-hydrogen) atoms. The van der Waals surface area contributed by atoms with Crippen LogP contribution in [0.25, 0.3) is 0 Å². The second-order valence-electron chi connectivity index (χ2n) is 6.53. The first-order valence-electron chi connectivity index (χ1n) is 9.67. The van der Waals surface area contributed by atoms with Gasteiger partial charge in [0.25, 0.3) is 0 Å². The summed E-state index contributed by atoms with van der Waals surface area (Å²) in [5.74, 6) is 2.89. The molecule has 8 nitrogen and oxygen atoms in total. The summed E-state index contributed by atoms with van der Waals surface area (Å²) < 4.78 is 16.3. The molecule has 2 N–H and O–H groups in total. The maximum atomic E-state index is 11.9. The van der Waals surface area contributed by atoms with Gasteiger partial charge in [-0.05, 0) is 13.3 Å². The van der Waals surface area contributed by atoms with Gasteiger partial charge >= 0.3 is 0 Å². The predicted molar refractivity (Wildman–Crippen MR) is 109 cm³/mol. The molecule has 0 bridgehead atoms. The van der Waals surface area contributed by atoms with Gasteiger partial charge in [-0.3, -0.25) is 4.79 Å². The molecular weight excluding hydrogens is 360 g/mol. The molecule has 0 aliphatic carbocycles. The quantitative estimate of drug-likeness (QED) is 0.518. The van der Waals surface area contributed by atoms with Crippen LogP contribution in [-0.2, 0) is 11.3 Å². The number of nitrogens with zero attached hydrogens (tertiary/aromatic N) is 2. The number of carbonyl (C=O) groups excluding carboxylic acids is 1. The number of guanidine groups is 1. The van der Waals surface area contributed by atoms with Crippen molar-refractivity contribution in [1.82, 2.24) is 15.5 Å². The molecule has 1 saturated heterocycles. The average Bonchev–Trinajstić information content (AvgIpc) is 3.19. The van der Waals surface area contributed by atoms with Gasteiger partial charge < -0.3 is 29.7 Å². The fourth-order valence-electron chi connectivity index (χ4n) is 3.23. The van der Waals surface area contributed by atoms with Crippen LogP contribution in [0.5, 0.6) is 17.2 Å². The zero-order valence-corrected chi connectivity index (χ0v) is 17.5. The lowest BCUT2D eigenvalue weighted by Crippen LogP contribution is -2.45. The molecule has 1 aromatic rings. The maximum Gasteiger partial charge on any atom is 0.222 e. The van der Waals surface area contributed by atoms with Crippen LogP contribution in [-0.4, -0.2) is 63.8 Å². The van der Waals surface area contributed by atoms with Crippen LogP contribution < -0.4 is 24.8 Å². The fourth-order valence-corrected chi connectivity index (χ4v) is 3.23. The Morgan fingerprint density at radius 2 is 1.86 bits per heavy atom. The van der Waals surface area contributed by atoms with Gasteiger partial charge in [-0.2, -0.15) is 0 Å². The van der Waals surface area contributed by atoms with E-state index >= 15 is 0 Å². The molecule has 0 radical (unpaired) electrons. The van der Waals surface area contributed by atoms with Gasteiger partial charge in [0.2, 0.25) is 5.91 Å². The molecule has 1 fully saturated rings. The minimum absolute atomic E-state index is 0.188. The summed E-state index contributed by atoms with van der Waals surface area (Å²) in [7, 11) is 4.83. The van der Waals surface area contributed by atoms with Crippen molar-refractivity contribution in [2.75, 3.05) is 41.0 Å². The van der Waals surface area contributed by atoms with E-state index in [9.17, 15) is 4.79 Å². The molecule has 1 aliphatic heterocycles. The normalized spacial score (nSPS) is 16.7. The van der Waals surface area contributed by atoms with Gasteiger partial charge in [0.1, 0.15) is 17.2 Å². The highest BCUT2D eigenvalue weighted by molar-refractivity contribution is 5.81. The van der Waals surface area contributed by atoms with Gasteiger partial charge in [-0.15, -0.1) is 0 Å². The number of likely N-dealkylation sites (tertiary alicyclic amines) is 1. The van der Waals surface area contributed by atoms with Gasteiger partial charge in [-0.25, -0.2) is 4.99 Å². The number of hydrogen-bond acceptors (Lipinski definition) is 5. The average molecular weight is 393 g/mol. The minimum Gasteiger partial charge on any atom is -0.496 e. The third-order valence-corrected chi connectivity index (χ3v) is 4.74. The number of aliphatic imine (C=N–C) groups is 1. The second kappa shape index (κ2) is 10.6. The van der Waals surface area contributed by atoms with Crippen molar-refractivity contribution in [2.45, 2.75) is 39.3 Å². The molecule has 0 spiro atoms. The monoisotopic (exact) mass is 392 g/mol. The summed E-state index contributed by atoms with van der Waals surface area (Å²) in [6, 6.07) is 3.82. The number of carbonyl (C=O) groups is 1. The van der Waals surface area contributed by atoms with E-state index in [1.807, 2.05) is 30.9 Å². The third-order valence-electron chi connectivity index (χ3n) is 4.74. The van der Waals surface area contributed by atoms with Gasteiger partial charge in [0, 0.05) is 44.2 Å². The van der Waals surface area contributed by atoms with E-state index in [0.717, 1.165) is 25.1 Å². The van der Waals surface area contributed by atoms with Crippen LogP contribution in [0.3, 0.4) is 0 Å². The zero-order chi connectivity index (χ0) is 20.5. The lowest BCUT2D eigenvalue weighted by molar-refractivity contribution is -0.129. The Kier molecular flexibility index (Phi) is 8.22. The largest absolute Gasteiger partial charge is 0.496 e. The number of hydrogen-bond donors (Lipinski definition) is 2. The Labute approximate surface area is 167 Å². The molecule has 1 aliphatic rings. The van der Waals surface area contributed by atoms with Gasteiger partial charge in [0.05, 0.1) is 33.4 Å². The number of methoxy groups -OCH3 is 3. The van der Waals surface area contributed by atoms with Crippen LogP contribution >= 0.6 is 0 Å². The minimum atomic E-state index is 0.188. The number of benzene rings is 1. The first-order valence-corrected chi connectivity index (χ1v) is 9.67. The molecule has 1 heterocycles. The third kappa shape index (κ3) is 5.43. The van der Waals surface area contributed by atoms with E-state index in [-0.39, 0.29) is 11.9 Å². The van der Waals surface area contributed by atoms with Gasteiger partial charge in [-0.1, -0.05) is 6.92 Å². The van der Waals surface area contributed by atoms with Crippen molar-refractivity contribution in [2.24, 2.45) is 4.99 Å². The number of nitrogens with one attached hydrogen (secondary N) is 2.